The molecule has 0 aromatic heterocycles. The highest BCUT2D eigenvalue weighted by Crippen LogP contribution is 2.13. The molecular weight excluding hydrogens is 420 g/mol. The van der Waals surface area contributed by atoms with E-state index in [4.69, 9.17) is 20.9 Å². The number of hydrogen-bond acceptors (Lipinski definition) is 8. The zero-order valence-corrected chi connectivity index (χ0v) is 17.9. The standard InChI is InChI=1S/2C11H13NO4/c2*1-2-15-10(13)7-16-9-5-3-4-8(6-9)11(12)14/h2*3-6H,2,7H2,1H3,(H2,12,14). The van der Waals surface area contributed by atoms with Crippen LogP contribution in [0.1, 0.15) is 34.6 Å². The molecule has 0 atom stereocenters. The van der Waals surface area contributed by atoms with E-state index in [1.165, 1.54) is 12.1 Å². The van der Waals surface area contributed by atoms with Crippen molar-refractivity contribution in [2.45, 2.75) is 13.8 Å². The topological polar surface area (TPSA) is 157 Å². The van der Waals surface area contributed by atoms with Gasteiger partial charge in [0.2, 0.25) is 11.8 Å². The van der Waals surface area contributed by atoms with Crippen LogP contribution in [0, 0.1) is 0 Å². The number of carbonyl (C=O) groups is 4. The van der Waals surface area contributed by atoms with Crippen LogP contribution in [0.15, 0.2) is 48.5 Å². The van der Waals surface area contributed by atoms with Crippen LogP contribution in [0.2, 0.25) is 0 Å². The van der Waals surface area contributed by atoms with E-state index in [0.29, 0.717) is 35.8 Å². The molecule has 4 N–H and O–H groups in total. The third kappa shape index (κ3) is 10.1. The third-order valence-corrected chi connectivity index (χ3v) is 3.56. The predicted molar refractivity (Wildman–Crippen MR) is 114 cm³/mol. The largest absolute Gasteiger partial charge is 0.482 e. The van der Waals surface area contributed by atoms with Crippen LogP contribution in [0.25, 0.3) is 0 Å². The van der Waals surface area contributed by atoms with Crippen LogP contribution in [-0.4, -0.2) is 50.2 Å². The van der Waals surface area contributed by atoms with Crippen LogP contribution in [0.5, 0.6) is 11.5 Å². The molecule has 0 spiro atoms. The lowest BCUT2D eigenvalue weighted by Gasteiger charge is -2.06. The summed E-state index contributed by atoms with van der Waals surface area (Å²) in [6.07, 6.45) is 0. The van der Waals surface area contributed by atoms with Crippen LogP contribution in [0.3, 0.4) is 0 Å². The maximum atomic E-state index is 11.0. The number of nitrogens with two attached hydrogens (primary N) is 2. The average molecular weight is 446 g/mol. The molecule has 2 rings (SSSR count). The lowest BCUT2D eigenvalue weighted by Crippen LogP contribution is -2.15. The Morgan fingerprint density at radius 1 is 0.688 bits per heavy atom. The zero-order chi connectivity index (χ0) is 23.9. The molecule has 0 fully saturated rings. The fourth-order valence-electron chi connectivity index (χ4n) is 2.17. The lowest BCUT2D eigenvalue weighted by atomic mass is 10.2. The second-order valence-electron chi connectivity index (χ2n) is 5.97. The molecule has 2 aromatic carbocycles. The summed E-state index contributed by atoms with van der Waals surface area (Å²) in [5.74, 6) is -1.17. The molecule has 32 heavy (non-hydrogen) atoms. The van der Waals surface area contributed by atoms with Crippen molar-refractivity contribution in [1.29, 1.82) is 0 Å². The first-order chi connectivity index (χ1) is 15.3. The summed E-state index contributed by atoms with van der Waals surface area (Å²) in [4.78, 5) is 43.7. The highest BCUT2D eigenvalue weighted by molar-refractivity contribution is 5.93. The van der Waals surface area contributed by atoms with E-state index in [9.17, 15) is 19.2 Å². The normalized spacial score (nSPS) is 9.56. The van der Waals surface area contributed by atoms with Gasteiger partial charge in [0, 0.05) is 11.1 Å². The smallest absolute Gasteiger partial charge is 0.344 e. The molecule has 0 unspecified atom stereocenters. The fraction of sp³-hybridized carbons (Fsp3) is 0.273. The molecule has 0 aliphatic rings. The first-order valence-corrected chi connectivity index (χ1v) is 9.63. The van der Waals surface area contributed by atoms with E-state index in [0.717, 1.165) is 0 Å². The van der Waals surface area contributed by atoms with Crippen molar-refractivity contribution >= 4 is 23.8 Å². The zero-order valence-electron chi connectivity index (χ0n) is 17.9. The van der Waals surface area contributed by atoms with Crippen LogP contribution in [0.4, 0.5) is 0 Å². The minimum atomic E-state index is -0.540. The minimum absolute atomic E-state index is 0.184. The van der Waals surface area contributed by atoms with Crippen LogP contribution in [-0.2, 0) is 19.1 Å². The number of esters is 2. The van der Waals surface area contributed by atoms with Crippen molar-refractivity contribution in [3.8, 4) is 11.5 Å². The molecule has 0 saturated carbocycles. The van der Waals surface area contributed by atoms with Gasteiger partial charge in [-0.2, -0.15) is 0 Å². The van der Waals surface area contributed by atoms with Crippen molar-refractivity contribution in [1.82, 2.24) is 0 Å². The van der Waals surface area contributed by atoms with Gasteiger partial charge in [0.25, 0.3) is 0 Å². The Morgan fingerprint density at radius 3 is 1.38 bits per heavy atom. The second-order valence-corrected chi connectivity index (χ2v) is 5.97. The van der Waals surface area contributed by atoms with Crippen molar-refractivity contribution in [2.75, 3.05) is 26.4 Å². The molecular formula is C22H26N2O8. The molecule has 2 aromatic rings. The van der Waals surface area contributed by atoms with E-state index >= 15 is 0 Å². The van der Waals surface area contributed by atoms with E-state index in [1.54, 1.807) is 50.2 Å². The lowest BCUT2D eigenvalue weighted by molar-refractivity contribution is -0.146. The van der Waals surface area contributed by atoms with Gasteiger partial charge in [-0.3, -0.25) is 9.59 Å². The Kier molecular flexibility index (Phi) is 11.4. The molecule has 0 bridgehead atoms. The monoisotopic (exact) mass is 446 g/mol. The maximum absolute atomic E-state index is 11.0. The Balaban J connectivity index is 0.000000320. The minimum Gasteiger partial charge on any atom is -0.482 e. The quantitative estimate of drug-likeness (QED) is 0.519. The number of ether oxygens (including phenoxy) is 4. The maximum Gasteiger partial charge on any atom is 0.344 e. The Morgan fingerprint density at radius 2 is 1.06 bits per heavy atom. The molecule has 0 aliphatic carbocycles. The summed E-state index contributed by atoms with van der Waals surface area (Å²) >= 11 is 0. The van der Waals surface area contributed by atoms with Crippen LogP contribution < -0.4 is 20.9 Å². The summed E-state index contributed by atoms with van der Waals surface area (Å²) in [5, 5.41) is 0. The summed E-state index contributed by atoms with van der Waals surface area (Å²) in [5.41, 5.74) is 10.9. The number of amides is 2. The summed E-state index contributed by atoms with van der Waals surface area (Å²) < 4.78 is 19.6. The van der Waals surface area contributed by atoms with Crippen molar-refractivity contribution < 1.29 is 38.1 Å². The Bertz CT molecular complexity index is 854. The van der Waals surface area contributed by atoms with Gasteiger partial charge in [0.05, 0.1) is 13.2 Å². The molecule has 172 valence electrons. The highest BCUT2D eigenvalue weighted by Gasteiger charge is 2.06. The Hall–Kier alpha value is -4.08. The fourth-order valence-corrected chi connectivity index (χ4v) is 2.17. The second kappa shape index (κ2) is 14.0. The average Bonchev–Trinajstić information content (AvgIpc) is 2.77. The van der Waals surface area contributed by atoms with Gasteiger partial charge in [0.15, 0.2) is 13.2 Å². The summed E-state index contributed by atoms with van der Waals surface area (Å²) in [6.45, 7) is 3.68. The number of primary amides is 2. The van der Waals surface area contributed by atoms with E-state index in [1.807, 2.05) is 0 Å². The Labute approximate surface area is 185 Å². The van der Waals surface area contributed by atoms with Crippen LogP contribution >= 0.6 is 0 Å². The van der Waals surface area contributed by atoms with Crippen molar-refractivity contribution in [3.05, 3.63) is 59.7 Å². The molecule has 0 radical (unpaired) electrons. The van der Waals surface area contributed by atoms with Crippen molar-refractivity contribution in [3.63, 3.8) is 0 Å². The highest BCUT2D eigenvalue weighted by atomic mass is 16.6. The van der Waals surface area contributed by atoms with Gasteiger partial charge in [0.1, 0.15) is 11.5 Å². The predicted octanol–water partition coefficient (Wildman–Crippen LogP) is 1.45. The van der Waals surface area contributed by atoms with E-state index in [2.05, 4.69) is 9.47 Å². The summed E-state index contributed by atoms with van der Waals surface area (Å²) in [7, 11) is 0. The molecule has 0 heterocycles. The van der Waals surface area contributed by atoms with Gasteiger partial charge < -0.3 is 30.4 Å². The molecule has 2 amide bonds. The summed E-state index contributed by atoms with van der Waals surface area (Å²) in [6, 6.07) is 12.6. The van der Waals surface area contributed by atoms with Gasteiger partial charge >= 0.3 is 11.9 Å². The van der Waals surface area contributed by atoms with Gasteiger partial charge in [-0.25, -0.2) is 9.59 Å². The number of benzene rings is 2. The molecule has 10 heteroatoms. The SMILES string of the molecule is CCOC(=O)COc1cccc(C(N)=O)c1.CCOC(=O)COc1cccc(C(N)=O)c1. The van der Waals surface area contributed by atoms with E-state index in [-0.39, 0.29) is 13.2 Å². The molecule has 0 saturated heterocycles. The molecule has 0 aliphatic heterocycles. The van der Waals surface area contributed by atoms with Gasteiger partial charge in [-0.1, -0.05) is 12.1 Å². The first-order valence-electron chi connectivity index (χ1n) is 9.63. The first kappa shape index (κ1) is 26.0. The van der Waals surface area contributed by atoms with Gasteiger partial charge in [-0.05, 0) is 50.2 Å². The number of hydrogen-bond donors (Lipinski definition) is 2. The van der Waals surface area contributed by atoms with E-state index < -0.39 is 23.8 Å². The number of rotatable bonds is 10. The third-order valence-electron chi connectivity index (χ3n) is 3.56. The van der Waals surface area contributed by atoms with Crippen molar-refractivity contribution in [2.24, 2.45) is 11.5 Å². The number of carbonyl (C=O) groups excluding carboxylic acids is 4. The van der Waals surface area contributed by atoms with Gasteiger partial charge in [-0.15, -0.1) is 0 Å². The molecule has 10 nitrogen and oxygen atoms in total.